The van der Waals surface area contributed by atoms with Gasteiger partial charge < -0.3 is 15.4 Å². The van der Waals surface area contributed by atoms with E-state index in [-0.39, 0.29) is 12.6 Å². The number of guanidine groups is 1. The van der Waals surface area contributed by atoms with E-state index in [1.54, 1.807) is 6.07 Å². The Kier molecular flexibility index (Phi) is 6.25. The van der Waals surface area contributed by atoms with E-state index in [2.05, 4.69) is 15.6 Å². The Bertz CT molecular complexity index is 755. The Balaban J connectivity index is 1.58. The van der Waals surface area contributed by atoms with E-state index in [4.69, 9.17) is 4.74 Å². The Morgan fingerprint density at radius 1 is 1.12 bits per heavy atom. The van der Waals surface area contributed by atoms with Gasteiger partial charge in [-0.05, 0) is 43.0 Å². The van der Waals surface area contributed by atoms with Crippen molar-refractivity contribution in [1.29, 1.82) is 0 Å². The van der Waals surface area contributed by atoms with E-state index >= 15 is 0 Å². The second-order valence-electron chi connectivity index (χ2n) is 6.38. The van der Waals surface area contributed by atoms with Gasteiger partial charge in [-0.1, -0.05) is 42.5 Å². The standard InChI is InChI=1S/C21H25N3O2/c1-2-22-21(24-19-11-12-19)23-14-17-9-6-10-18(13-17)20(25)26-15-16-7-4-3-5-8-16/h3-10,13,19H,2,11-12,14-15H2,1H3,(H2,22,23,24). The number of hydrogen-bond acceptors (Lipinski definition) is 3. The first kappa shape index (κ1) is 18.0. The van der Waals surface area contributed by atoms with Gasteiger partial charge >= 0.3 is 5.97 Å². The molecule has 1 fully saturated rings. The van der Waals surface area contributed by atoms with Gasteiger partial charge in [-0.15, -0.1) is 0 Å². The molecule has 26 heavy (non-hydrogen) atoms. The summed E-state index contributed by atoms with van der Waals surface area (Å²) in [6.45, 7) is 3.66. The third-order valence-corrected chi connectivity index (χ3v) is 4.06. The molecule has 0 saturated heterocycles. The minimum Gasteiger partial charge on any atom is -0.457 e. The summed E-state index contributed by atoms with van der Waals surface area (Å²) >= 11 is 0. The number of hydrogen-bond donors (Lipinski definition) is 2. The number of aliphatic imine (C=N–C) groups is 1. The van der Waals surface area contributed by atoms with Gasteiger partial charge in [-0.2, -0.15) is 0 Å². The van der Waals surface area contributed by atoms with Crippen LogP contribution in [-0.2, 0) is 17.9 Å². The maximum atomic E-state index is 12.3. The van der Waals surface area contributed by atoms with Gasteiger partial charge in [0.1, 0.15) is 6.61 Å². The van der Waals surface area contributed by atoms with Gasteiger partial charge in [-0.3, -0.25) is 0 Å². The van der Waals surface area contributed by atoms with Crippen LogP contribution < -0.4 is 10.6 Å². The molecule has 2 aromatic carbocycles. The van der Waals surface area contributed by atoms with Crippen molar-refractivity contribution in [1.82, 2.24) is 10.6 Å². The van der Waals surface area contributed by atoms with Gasteiger partial charge in [0.2, 0.25) is 0 Å². The summed E-state index contributed by atoms with van der Waals surface area (Å²) in [6, 6.07) is 17.7. The van der Waals surface area contributed by atoms with Crippen molar-refractivity contribution in [2.75, 3.05) is 6.54 Å². The number of carbonyl (C=O) groups is 1. The maximum Gasteiger partial charge on any atom is 0.338 e. The minimum atomic E-state index is -0.317. The van der Waals surface area contributed by atoms with Crippen LogP contribution in [0.4, 0.5) is 0 Å². The van der Waals surface area contributed by atoms with Gasteiger partial charge in [0.25, 0.3) is 0 Å². The van der Waals surface area contributed by atoms with Crippen molar-refractivity contribution in [3.05, 3.63) is 71.3 Å². The summed E-state index contributed by atoms with van der Waals surface area (Å²) in [4.78, 5) is 16.9. The summed E-state index contributed by atoms with van der Waals surface area (Å²) in [5.41, 5.74) is 2.50. The molecule has 5 heteroatoms. The van der Waals surface area contributed by atoms with E-state index in [0.29, 0.717) is 18.2 Å². The molecule has 2 N–H and O–H groups in total. The highest BCUT2D eigenvalue weighted by molar-refractivity contribution is 5.89. The molecule has 0 spiro atoms. The molecule has 0 amide bonds. The van der Waals surface area contributed by atoms with E-state index in [1.807, 2.05) is 55.5 Å². The molecule has 0 atom stereocenters. The molecular formula is C21H25N3O2. The highest BCUT2D eigenvalue weighted by atomic mass is 16.5. The van der Waals surface area contributed by atoms with Crippen LogP contribution >= 0.6 is 0 Å². The Hall–Kier alpha value is -2.82. The van der Waals surface area contributed by atoms with E-state index < -0.39 is 0 Å². The van der Waals surface area contributed by atoms with Crippen molar-refractivity contribution in [3.63, 3.8) is 0 Å². The number of rotatable bonds is 7. The number of ether oxygens (including phenoxy) is 1. The van der Waals surface area contributed by atoms with Gasteiger partial charge in [0, 0.05) is 12.6 Å². The predicted octanol–water partition coefficient (Wildman–Crippen LogP) is 3.26. The Morgan fingerprint density at radius 3 is 2.62 bits per heavy atom. The van der Waals surface area contributed by atoms with Crippen molar-refractivity contribution < 1.29 is 9.53 Å². The molecule has 2 aromatic rings. The van der Waals surface area contributed by atoms with Gasteiger partial charge in [0.15, 0.2) is 5.96 Å². The number of carbonyl (C=O) groups excluding carboxylic acids is 1. The summed E-state index contributed by atoms with van der Waals surface area (Å²) in [6.07, 6.45) is 2.40. The zero-order chi connectivity index (χ0) is 18.2. The van der Waals surface area contributed by atoms with E-state index in [0.717, 1.165) is 23.6 Å². The van der Waals surface area contributed by atoms with E-state index in [9.17, 15) is 4.79 Å². The van der Waals surface area contributed by atoms with Gasteiger partial charge in [0.05, 0.1) is 12.1 Å². The van der Waals surface area contributed by atoms with Crippen molar-refractivity contribution in [2.45, 2.75) is 39.0 Å². The maximum absolute atomic E-state index is 12.3. The molecule has 0 unspecified atom stereocenters. The predicted molar refractivity (Wildman–Crippen MR) is 103 cm³/mol. The smallest absolute Gasteiger partial charge is 0.338 e. The number of esters is 1. The van der Waals surface area contributed by atoms with Crippen molar-refractivity contribution >= 4 is 11.9 Å². The SMILES string of the molecule is CCNC(=NCc1cccc(C(=O)OCc2ccccc2)c1)NC1CC1. The topological polar surface area (TPSA) is 62.7 Å². The highest BCUT2D eigenvalue weighted by Gasteiger charge is 2.22. The molecule has 136 valence electrons. The largest absolute Gasteiger partial charge is 0.457 e. The second kappa shape index (κ2) is 9.04. The summed E-state index contributed by atoms with van der Waals surface area (Å²) in [5.74, 6) is 0.509. The molecule has 0 aliphatic heterocycles. The van der Waals surface area contributed by atoms with Crippen molar-refractivity contribution in [2.24, 2.45) is 4.99 Å². The normalized spacial score (nSPS) is 14.0. The van der Waals surface area contributed by atoms with Crippen LogP contribution in [0.15, 0.2) is 59.6 Å². The molecule has 1 aliphatic rings. The lowest BCUT2D eigenvalue weighted by molar-refractivity contribution is 0.0472. The third kappa shape index (κ3) is 5.62. The summed E-state index contributed by atoms with van der Waals surface area (Å²) in [7, 11) is 0. The van der Waals surface area contributed by atoms with Crippen LogP contribution in [0.3, 0.4) is 0 Å². The van der Waals surface area contributed by atoms with Crippen LogP contribution in [0.1, 0.15) is 41.3 Å². The third-order valence-electron chi connectivity index (χ3n) is 4.06. The lowest BCUT2D eigenvalue weighted by atomic mass is 10.1. The molecular weight excluding hydrogens is 326 g/mol. The fourth-order valence-corrected chi connectivity index (χ4v) is 2.51. The number of benzene rings is 2. The fourth-order valence-electron chi connectivity index (χ4n) is 2.51. The van der Waals surface area contributed by atoms with Crippen LogP contribution in [-0.4, -0.2) is 24.5 Å². The first-order valence-corrected chi connectivity index (χ1v) is 9.09. The zero-order valence-electron chi connectivity index (χ0n) is 15.1. The van der Waals surface area contributed by atoms with E-state index in [1.165, 1.54) is 12.8 Å². The molecule has 3 rings (SSSR count). The molecule has 1 aliphatic carbocycles. The minimum absolute atomic E-state index is 0.276. The number of nitrogens with zero attached hydrogens (tertiary/aromatic N) is 1. The second-order valence-corrected chi connectivity index (χ2v) is 6.38. The average Bonchev–Trinajstić information content (AvgIpc) is 3.49. The summed E-state index contributed by atoms with van der Waals surface area (Å²) in [5, 5.41) is 6.63. The molecule has 1 saturated carbocycles. The molecule has 0 bridgehead atoms. The van der Waals surface area contributed by atoms with Crippen molar-refractivity contribution in [3.8, 4) is 0 Å². The number of nitrogens with one attached hydrogen (secondary N) is 2. The molecule has 0 radical (unpaired) electrons. The van der Waals surface area contributed by atoms with Gasteiger partial charge in [-0.25, -0.2) is 9.79 Å². The first-order chi connectivity index (χ1) is 12.7. The summed E-state index contributed by atoms with van der Waals surface area (Å²) < 4.78 is 5.39. The highest BCUT2D eigenvalue weighted by Crippen LogP contribution is 2.18. The molecule has 0 aromatic heterocycles. The van der Waals surface area contributed by atoms with Crippen LogP contribution in [0.2, 0.25) is 0 Å². The Morgan fingerprint density at radius 2 is 1.88 bits per heavy atom. The Labute approximate surface area is 154 Å². The lowest BCUT2D eigenvalue weighted by Crippen LogP contribution is -2.38. The zero-order valence-corrected chi connectivity index (χ0v) is 15.1. The quantitative estimate of drug-likeness (QED) is 0.457. The van der Waals surface area contributed by atoms with Crippen LogP contribution in [0.25, 0.3) is 0 Å². The average molecular weight is 351 g/mol. The fraction of sp³-hybridized carbons (Fsp3) is 0.333. The van der Waals surface area contributed by atoms with Crippen LogP contribution in [0.5, 0.6) is 0 Å². The molecule has 5 nitrogen and oxygen atoms in total. The molecule has 0 heterocycles. The monoisotopic (exact) mass is 351 g/mol. The van der Waals surface area contributed by atoms with Crippen LogP contribution in [0, 0.1) is 0 Å². The lowest BCUT2D eigenvalue weighted by Gasteiger charge is -2.10. The first-order valence-electron chi connectivity index (χ1n) is 9.09.